The van der Waals surface area contributed by atoms with E-state index >= 15 is 0 Å². The molecule has 0 saturated carbocycles. The van der Waals surface area contributed by atoms with Crippen molar-refractivity contribution in [3.63, 3.8) is 0 Å². The van der Waals surface area contributed by atoms with Gasteiger partial charge in [-0.25, -0.2) is 4.79 Å². The van der Waals surface area contributed by atoms with E-state index in [0.717, 1.165) is 32.7 Å². The summed E-state index contributed by atoms with van der Waals surface area (Å²) >= 11 is 0. The van der Waals surface area contributed by atoms with Gasteiger partial charge in [0.2, 0.25) is 0 Å². The van der Waals surface area contributed by atoms with Crippen LogP contribution < -0.4 is 4.90 Å². The molecule has 0 aliphatic carbocycles. The largest absolute Gasteiger partial charge is 0.450 e. The summed E-state index contributed by atoms with van der Waals surface area (Å²) in [4.78, 5) is 15.0. The number of benzene rings is 1. The van der Waals surface area contributed by atoms with Crippen LogP contribution in [0.4, 0.5) is 4.79 Å². The Balaban J connectivity index is 1.78. The minimum atomic E-state index is -0.164. The Labute approximate surface area is 121 Å². The Morgan fingerprint density at radius 2 is 1.95 bits per heavy atom. The smallest absolute Gasteiger partial charge is 0.410 e. The predicted molar refractivity (Wildman–Crippen MR) is 79.0 cm³/mol. The van der Waals surface area contributed by atoms with Crippen LogP contribution in [-0.4, -0.2) is 50.3 Å². The first-order valence-electron chi connectivity index (χ1n) is 7.51. The fourth-order valence-electron chi connectivity index (χ4n) is 2.76. The van der Waals surface area contributed by atoms with Gasteiger partial charge in [0.25, 0.3) is 0 Å². The molecule has 1 aromatic rings. The van der Waals surface area contributed by atoms with Crippen molar-refractivity contribution in [3.8, 4) is 0 Å². The highest BCUT2D eigenvalue weighted by atomic mass is 16.6. The molecule has 2 rings (SSSR count). The van der Waals surface area contributed by atoms with Crippen LogP contribution in [0.2, 0.25) is 0 Å². The van der Waals surface area contributed by atoms with Gasteiger partial charge in [-0.15, -0.1) is 0 Å². The molecule has 0 radical (unpaired) electrons. The average Bonchev–Trinajstić information content (AvgIpc) is 2.49. The second-order valence-electron chi connectivity index (χ2n) is 5.45. The number of amides is 1. The van der Waals surface area contributed by atoms with Crippen LogP contribution in [0.25, 0.3) is 0 Å². The summed E-state index contributed by atoms with van der Waals surface area (Å²) < 4.78 is 5.04. The van der Waals surface area contributed by atoms with Gasteiger partial charge in [-0.1, -0.05) is 37.3 Å². The number of carbonyl (C=O) groups excluding carboxylic acids is 1. The van der Waals surface area contributed by atoms with Gasteiger partial charge < -0.3 is 9.64 Å². The summed E-state index contributed by atoms with van der Waals surface area (Å²) in [6, 6.07) is 10.6. The first kappa shape index (κ1) is 14.9. The monoisotopic (exact) mass is 277 g/mol. The number of hydrogen-bond donors (Lipinski definition) is 1. The Bertz CT molecular complexity index is 414. The van der Waals surface area contributed by atoms with Crippen LogP contribution in [0.15, 0.2) is 30.3 Å². The van der Waals surface area contributed by atoms with E-state index < -0.39 is 0 Å². The predicted octanol–water partition coefficient (Wildman–Crippen LogP) is 1.15. The number of nitrogens with zero attached hydrogens (tertiary/aromatic N) is 1. The Morgan fingerprint density at radius 1 is 1.30 bits per heavy atom. The number of piperazine rings is 1. The highest BCUT2D eigenvalue weighted by Gasteiger charge is 2.25. The van der Waals surface area contributed by atoms with E-state index in [0.29, 0.717) is 12.5 Å². The summed E-state index contributed by atoms with van der Waals surface area (Å²) in [5, 5.41) is 0. The third-order valence-corrected chi connectivity index (χ3v) is 3.96. The third kappa shape index (κ3) is 3.97. The molecule has 1 N–H and O–H groups in total. The maximum atomic E-state index is 11.6. The van der Waals surface area contributed by atoms with Crippen LogP contribution in [0.1, 0.15) is 25.3 Å². The van der Waals surface area contributed by atoms with Crippen LogP contribution in [0.3, 0.4) is 0 Å². The van der Waals surface area contributed by atoms with Crippen molar-refractivity contribution in [2.24, 2.45) is 0 Å². The fourth-order valence-corrected chi connectivity index (χ4v) is 2.76. The van der Waals surface area contributed by atoms with Crippen LogP contribution in [0.5, 0.6) is 0 Å². The maximum Gasteiger partial charge on any atom is 0.410 e. The van der Waals surface area contributed by atoms with Gasteiger partial charge in [0, 0.05) is 5.92 Å². The van der Waals surface area contributed by atoms with Crippen molar-refractivity contribution in [2.45, 2.75) is 19.8 Å². The van der Waals surface area contributed by atoms with Crippen molar-refractivity contribution >= 4 is 6.09 Å². The lowest BCUT2D eigenvalue weighted by Gasteiger charge is -2.32. The summed E-state index contributed by atoms with van der Waals surface area (Å²) in [5.74, 6) is 0.556. The van der Waals surface area contributed by atoms with Crippen LogP contribution in [-0.2, 0) is 4.74 Å². The molecule has 1 aliphatic rings. The van der Waals surface area contributed by atoms with Crippen molar-refractivity contribution in [2.75, 3.05) is 39.3 Å². The number of nitrogens with one attached hydrogen (secondary N) is 1. The summed E-state index contributed by atoms with van der Waals surface area (Å²) in [5.41, 5.74) is 1.40. The van der Waals surface area contributed by atoms with Crippen molar-refractivity contribution < 1.29 is 14.4 Å². The van der Waals surface area contributed by atoms with E-state index in [1.165, 1.54) is 5.56 Å². The zero-order valence-corrected chi connectivity index (χ0v) is 12.5. The topological polar surface area (TPSA) is 34.0 Å². The van der Waals surface area contributed by atoms with Gasteiger partial charge in [-0.2, -0.15) is 0 Å². The molecule has 0 spiro atoms. The zero-order valence-electron chi connectivity index (χ0n) is 12.5. The summed E-state index contributed by atoms with van der Waals surface area (Å²) in [6.07, 6.45) is -0.164. The molecule has 20 heavy (non-hydrogen) atoms. The van der Waals surface area contributed by atoms with Gasteiger partial charge in [0.15, 0.2) is 0 Å². The molecule has 1 fully saturated rings. The molecule has 1 heterocycles. The van der Waals surface area contributed by atoms with E-state index in [1.807, 2.05) is 11.8 Å². The highest BCUT2D eigenvalue weighted by molar-refractivity contribution is 5.67. The second-order valence-corrected chi connectivity index (χ2v) is 5.45. The van der Waals surface area contributed by atoms with Crippen molar-refractivity contribution in [1.29, 1.82) is 0 Å². The molecular weight excluding hydrogens is 252 g/mol. The molecule has 1 amide bonds. The summed E-state index contributed by atoms with van der Waals surface area (Å²) in [7, 11) is 0. The molecule has 1 saturated heterocycles. The lowest BCUT2D eigenvalue weighted by Crippen LogP contribution is -3.15. The highest BCUT2D eigenvalue weighted by Crippen LogP contribution is 2.12. The molecule has 1 atom stereocenters. The molecule has 0 unspecified atom stereocenters. The molecule has 4 heteroatoms. The van der Waals surface area contributed by atoms with E-state index in [2.05, 4.69) is 37.3 Å². The van der Waals surface area contributed by atoms with Crippen molar-refractivity contribution in [1.82, 2.24) is 4.90 Å². The lowest BCUT2D eigenvalue weighted by atomic mass is 10.0. The number of rotatable bonds is 4. The molecule has 1 aromatic carbocycles. The van der Waals surface area contributed by atoms with E-state index in [4.69, 9.17) is 4.74 Å². The summed E-state index contributed by atoms with van der Waals surface area (Å²) in [6.45, 7) is 9.33. The minimum Gasteiger partial charge on any atom is -0.450 e. The second kappa shape index (κ2) is 7.29. The number of hydrogen-bond acceptors (Lipinski definition) is 2. The third-order valence-electron chi connectivity index (χ3n) is 3.96. The van der Waals surface area contributed by atoms with Crippen molar-refractivity contribution in [3.05, 3.63) is 35.9 Å². The Morgan fingerprint density at radius 3 is 2.55 bits per heavy atom. The lowest BCUT2D eigenvalue weighted by molar-refractivity contribution is -0.905. The minimum absolute atomic E-state index is 0.164. The first-order valence-corrected chi connectivity index (χ1v) is 7.51. The SMILES string of the molecule is CCOC(=O)N1CC[NH+](C[C@H](C)c2ccccc2)CC1. The molecule has 110 valence electrons. The number of ether oxygens (including phenoxy) is 1. The number of carbonyl (C=O) groups is 1. The molecule has 4 nitrogen and oxygen atoms in total. The maximum absolute atomic E-state index is 11.6. The average molecular weight is 277 g/mol. The fraction of sp³-hybridized carbons (Fsp3) is 0.562. The molecule has 0 aromatic heterocycles. The normalized spacial score (nSPS) is 17.8. The van der Waals surface area contributed by atoms with Crippen LogP contribution >= 0.6 is 0 Å². The molecule has 0 bridgehead atoms. The van der Waals surface area contributed by atoms with Gasteiger partial charge in [-0.3, -0.25) is 4.90 Å². The number of quaternary nitrogens is 1. The van der Waals surface area contributed by atoms with Gasteiger partial charge in [0.1, 0.15) is 0 Å². The van der Waals surface area contributed by atoms with Gasteiger partial charge >= 0.3 is 6.09 Å². The van der Waals surface area contributed by atoms with Crippen LogP contribution in [0, 0.1) is 0 Å². The zero-order chi connectivity index (χ0) is 14.4. The van der Waals surface area contributed by atoms with E-state index in [1.54, 1.807) is 4.90 Å². The molecular formula is C16H25N2O2+. The quantitative estimate of drug-likeness (QED) is 0.896. The van der Waals surface area contributed by atoms with Gasteiger partial charge in [-0.05, 0) is 12.5 Å². The Hall–Kier alpha value is -1.55. The first-order chi connectivity index (χ1) is 9.70. The standard InChI is InChI=1S/C16H24N2O2/c1-3-20-16(19)18-11-9-17(10-12-18)13-14(2)15-7-5-4-6-8-15/h4-8,14H,3,9-13H2,1-2H3/p+1/t14-/m0/s1. The Kier molecular flexibility index (Phi) is 5.41. The van der Waals surface area contributed by atoms with Gasteiger partial charge in [0.05, 0.1) is 39.3 Å². The molecule has 1 aliphatic heterocycles. The van der Waals surface area contributed by atoms with E-state index in [-0.39, 0.29) is 6.09 Å². The van der Waals surface area contributed by atoms with E-state index in [9.17, 15) is 4.79 Å².